The van der Waals surface area contributed by atoms with Gasteiger partial charge in [-0.1, -0.05) is 178 Å². The second kappa shape index (κ2) is 13.2. The van der Waals surface area contributed by atoms with E-state index < -0.39 is 0 Å². The van der Waals surface area contributed by atoms with Crippen molar-refractivity contribution in [1.29, 1.82) is 0 Å². The van der Waals surface area contributed by atoms with Crippen LogP contribution in [0.3, 0.4) is 0 Å². The minimum atomic E-state index is -0.0985. The van der Waals surface area contributed by atoms with Gasteiger partial charge in [-0.3, -0.25) is 0 Å². The number of rotatable bonds is 6. The standard InChI is InChI=1S/C52H37N3/c1-52(2)47-23-12-11-22-43(47)46-32-44(41-29-26-34-14-9-10-19-39(34)30-41)45(33-48(46)52)36-27-24-35(25-28-36)40-20-13-21-42(31-40)51-54-49(37-15-5-3-6-16-37)53-50(55-51)38-17-7-4-8-18-38/h3-33H,1-2H3. The number of aromatic nitrogens is 3. The third kappa shape index (κ3) is 5.82. The highest BCUT2D eigenvalue weighted by atomic mass is 15.0. The van der Waals surface area contributed by atoms with Crippen LogP contribution in [0.15, 0.2) is 188 Å². The molecule has 0 atom stereocenters. The van der Waals surface area contributed by atoms with Gasteiger partial charge in [0.25, 0.3) is 0 Å². The second-order valence-electron chi connectivity index (χ2n) is 14.9. The fourth-order valence-corrected chi connectivity index (χ4v) is 8.20. The van der Waals surface area contributed by atoms with Gasteiger partial charge < -0.3 is 0 Å². The quantitative estimate of drug-likeness (QED) is 0.173. The van der Waals surface area contributed by atoms with Crippen molar-refractivity contribution in [3.8, 4) is 78.7 Å². The van der Waals surface area contributed by atoms with E-state index >= 15 is 0 Å². The van der Waals surface area contributed by atoms with Gasteiger partial charge in [-0.15, -0.1) is 0 Å². The molecule has 1 aliphatic rings. The number of hydrogen-bond acceptors (Lipinski definition) is 3. The van der Waals surface area contributed by atoms with E-state index in [0.717, 1.165) is 27.8 Å². The van der Waals surface area contributed by atoms with Gasteiger partial charge in [-0.05, 0) is 90.7 Å². The molecule has 3 heteroatoms. The molecule has 0 unspecified atom stereocenters. The topological polar surface area (TPSA) is 38.7 Å². The van der Waals surface area contributed by atoms with Gasteiger partial charge in [0.05, 0.1) is 0 Å². The molecule has 8 aromatic carbocycles. The van der Waals surface area contributed by atoms with Gasteiger partial charge >= 0.3 is 0 Å². The lowest BCUT2D eigenvalue weighted by Crippen LogP contribution is -2.15. The Balaban J connectivity index is 1.06. The summed E-state index contributed by atoms with van der Waals surface area (Å²) in [5.41, 5.74) is 15.3. The van der Waals surface area contributed by atoms with E-state index in [9.17, 15) is 0 Å². The summed E-state index contributed by atoms with van der Waals surface area (Å²) in [5.74, 6) is 1.96. The minimum Gasteiger partial charge on any atom is -0.208 e. The Hall–Kier alpha value is -6.97. The summed E-state index contributed by atoms with van der Waals surface area (Å²) in [5, 5.41) is 2.49. The first-order valence-corrected chi connectivity index (χ1v) is 18.9. The highest BCUT2D eigenvalue weighted by Crippen LogP contribution is 2.52. The fraction of sp³-hybridized carbons (Fsp3) is 0.0577. The van der Waals surface area contributed by atoms with Crippen molar-refractivity contribution in [1.82, 2.24) is 15.0 Å². The third-order valence-electron chi connectivity index (χ3n) is 11.1. The molecule has 0 amide bonds. The molecule has 0 spiro atoms. The molecular formula is C52H37N3. The lowest BCUT2D eigenvalue weighted by atomic mass is 9.80. The maximum absolute atomic E-state index is 4.98. The third-order valence-corrected chi connectivity index (χ3v) is 11.1. The first-order valence-electron chi connectivity index (χ1n) is 18.9. The van der Waals surface area contributed by atoms with Gasteiger partial charge in [0.2, 0.25) is 0 Å². The van der Waals surface area contributed by atoms with Crippen LogP contribution in [0.4, 0.5) is 0 Å². The van der Waals surface area contributed by atoms with Crippen molar-refractivity contribution in [2.24, 2.45) is 0 Å². The summed E-state index contributed by atoms with van der Waals surface area (Å²) in [6.07, 6.45) is 0. The highest BCUT2D eigenvalue weighted by Gasteiger charge is 2.36. The van der Waals surface area contributed by atoms with Crippen LogP contribution in [0, 0.1) is 0 Å². The van der Waals surface area contributed by atoms with Crippen molar-refractivity contribution in [2.75, 3.05) is 0 Å². The van der Waals surface area contributed by atoms with Crippen molar-refractivity contribution >= 4 is 10.8 Å². The molecule has 0 fully saturated rings. The zero-order valence-electron chi connectivity index (χ0n) is 30.7. The van der Waals surface area contributed by atoms with E-state index in [1.54, 1.807) is 0 Å². The zero-order chi connectivity index (χ0) is 36.9. The van der Waals surface area contributed by atoms with Crippen LogP contribution < -0.4 is 0 Å². The smallest absolute Gasteiger partial charge is 0.164 e. The normalized spacial score (nSPS) is 12.7. The minimum absolute atomic E-state index is 0.0985. The molecule has 0 saturated carbocycles. The molecule has 0 radical (unpaired) electrons. The summed E-state index contributed by atoms with van der Waals surface area (Å²) in [6, 6.07) is 67.0. The lowest BCUT2D eigenvalue weighted by molar-refractivity contribution is 0.660. The summed E-state index contributed by atoms with van der Waals surface area (Å²) in [7, 11) is 0. The Labute approximate surface area is 321 Å². The van der Waals surface area contributed by atoms with E-state index in [1.165, 1.54) is 55.3 Å². The molecule has 3 nitrogen and oxygen atoms in total. The molecule has 0 saturated heterocycles. The molecule has 9 aromatic rings. The largest absolute Gasteiger partial charge is 0.208 e. The Morgan fingerprint density at radius 2 is 0.818 bits per heavy atom. The van der Waals surface area contributed by atoms with Crippen LogP contribution >= 0.6 is 0 Å². The molecule has 1 aromatic heterocycles. The van der Waals surface area contributed by atoms with Crippen LogP contribution in [0.25, 0.3) is 89.4 Å². The first kappa shape index (κ1) is 32.7. The molecule has 1 aliphatic carbocycles. The lowest BCUT2D eigenvalue weighted by Gasteiger charge is -2.23. The predicted molar refractivity (Wildman–Crippen MR) is 228 cm³/mol. The number of hydrogen-bond donors (Lipinski definition) is 0. The number of nitrogens with zero attached hydrogens (tertiary/aromatic N) is 3. The van der Waals surface area contributed by atoms with E-state index in [2.05, 4.69) is 141 Å². The van der Waals surface area contributed by atoms with Gasteiger partial charge in [-0.2, -0.15) is 0 Å². The van der Waals surface area contributed by atoms with Crippen molar-refractivity contribution < 1.29 is 0 Å². The van der Waals surface area contributed by atoms with Gasteiger partial charge in [0.1, 0.15) is 0 Å². The number of benzene rings is 8. The first-order chi connectivity index (χ1) is 27.0. The Kier molecular flexibility index (Phi) is 7.81. The molecular weight excluding hydrogens is 667 g/mol. The Bertz CT molecular complexity index is 2820. The molecule has 1 heterocycles. The van der Waals surface area contributed by atoms with E-state index in [4.69, 9.17) is 15.0 Å². The summed E-state index contributed by atoms with van der Waals surface area (Å²) in [6.45, 7) is 4.71. The molecule has 55 heavy (non-hydrogen) atoms. The van der Waals surface area contributed by atoms with Crippen LogP contribution in [0.2, 0.25) is 0 Å². The molecule has 10 rings (SSSR count). The van der Waals surface area contributed by atoms with Crippen LogP contribution in [-0.2, 0) is 5.41 Å². The summed E-state index contributed by atoms with van der Waals surface area (Å²) in [4.78, 5) is 14.8. The van der Waals surface area contributed by atoms with Crippen molar-refractivity contribution in [3.63, 3.8) is 0 Å². The number of fused-ring (bicyclic) bond motifs is 4. The molecule has 0 bridgehead atoms. The van der Waals surface area contributed by atoms with Crippen molar-refractivity contribution in [3.05, 3.63) is 199 Å². The average molecular weight is 704 g/mol. The fourth-order valence-electron chi connectivity index (χ4n) is 8.20. The highest BCUT2D eigenvalue weighted by molar-refractivity contribution is 5.96. The van der Waals surface area contributed by atoms with Crippen LogP contribution in [-0.4, -0.2) is 15.0 Å². The SMILES string of the molecule is CC1(C)c2ccccc2-c2cc(-c3ccc4ccccc4c3)c(-c3ccc(-c4cccc(-c5nc(-c6ccccc6)nc(-c6ccccc6)n5)c4)cc3)cc21. The monoisotopic (exact) mass is 703 g/mol. The van der Waals surface area contributed by atoms with Gasteiger partial charge in [0.15, 0.2) is 17.5 Å². The predicted octanol–water partition coefficient (Wildman–Crippen LogP) is 13.3. The second-order valence-corrected chi connectivity index (χ2v) is 14.9. The molecule has 0 N–H and O–H groups in total. The zero-order valence-corrected chi connectivity index (χ0v) is 30.7. The average Bonchev–Trinajstić information content (AvgIpc) is 3.48. The van der Waals surface area contributed by atoms with E-state index in [0.29, 0.717) is 17.5 Å². The van der Waals surface area contributed by atoms with Gasteiger partial charge in [-0.25, -0.2) is 15.0 Å². The van der Waals surface area contributed by atoms with Crippen LogP contribution in [0.5, 0.6) is 0 Å². The van der Waals surface area contributed by atoms with E-state index in [-0.39, 0.29) is 5.41 Å². The maximum atomic E-state index is 4.98. The summed E-state index contributed by atoms with van der Waals surface area (Å²) >= 11 is 0. The maximum Gasteiger partial charge on any atom is 0.164 e. The van der Waals surface area contributed by atoms with Crippen molar-refractivity contribution in [2.45, 2.75) is 19.3 Å². The molecule has 0 aliphatic heterocycles. The van der Waals surface area contributed by atoms with Gasteiger partial charge in [0, 0.05) is 22.1 Å². The Morgan fingerprint density at radius 3 is 1.53 bits per heavy atom. The van der Waals surface area contributed by atoms with Crippen LogP contribution in [0.1, 0.15) is 25.0 Å². The van der Waals surface area contributed by atoms with E-state index in [1.807, 2.05) is 60.7 Å². The Morgan fingerprint density at radius 1 is 0.291 bits per heavy atom. The molecule has 260 valence electrons. The summed E-state index contributed by atoms with van der Waals surface area (Å²) < 4.78 is 0.